The third-order valence-corrected chi connectivity index (χ3v) is 5.84. The van der Waals surface area contributed by atoms with Crippen LogP contribution in [-0.4, -0.2) is 30.6 Å². The molecular formula is C13H10N6O3S3. The van der Waals surface area contributed by atoms with E-state index in [4.69, 9.17) is 0 Å². The van der Waals surface area contributed by atoms with Crippen LogP contribution in [0, 0.1) is 17.0 Å². The zero-order chi connectivity index (χ0) is 17.8. The maximum atomic E-state index is 12.1. The lowest BCUT2D eigenvalue weighted by Crippen LogP contribution is -2.11. The number of anilines is 1. The first-order valence-corrected chi connectivity index (χ1v) is 9.40. The fraction of sp³-hybridized carbons (Fsp3) is 0.154. The van der Waals surface area contributed by atoms with Crippen LogP contribution >= 0.6 is 34.6 Å². The van der Waals surface area contributed by atoms with Crippen molar-refractivity contribution in [3.8, 4) is 0 Å². The maximum Gasteiger partial charge on any atom is 0.271 e. The Hall–Kier alpha value is -2.44. The molecule has 0 aliphatic carbocycles. The molecule has 2 heterocycles. The van der Waals surface area contributed by atoms with Crippen molar-refractivity contribution in [2.75, 3.05) is 5.32 Å². The number of rotatable bonds is 6. The van der Waals surface area contributed by atoms with Gasteiger partial charge in [-0.1, -0.05) is 39.7 Å². The van der Waals surface area contributed by atoms with Crippen LogP contribution < -0.4 is 5.32 Å². The van der Waals surface area contributed by atoms with Gasteiger partial charge >= 0.3 is 0 Å². The maximum absolute atomic E-state index is 12.1. The molecular weight excluding hydrogens is 384 g/mol. The predicted molar refractivity (Wildman–Crippen MR) is 95.2 cm³/mol. The summed E-state index contributed by atoms with van der Waals surface area (Å²) in [6.45, 7) is 1.71. The number of nitro groups is 1. The molecule has 0 bridgehead atoms. The van der Waals surface area contributed by atoms with Gasteiger partial charge in [0.25, 0.3) is 11.6 Å². The third kappa shape index (κ3) is 4.35. The molecule has 0 atom stereocenters. The molecule has 0 saturated carbocycles. The number of carbonyl (C=O) groups excluding carboxylic acids is 1. The number of non-ortho nitro benzene ring substituents is 1. The Balaban J connectivity index is 1.60. The molecule has 0 unspecified atom stereocenters. The third-order valence-electron chi connectivity index (χ3n) is 2.97. The van der Waals surface area contributed by atoms with Crippen molar-refractivity contribution >= 4 is 51.4 Å². The predicted octanol–water partition coefficient (Wildman–Crippen LogP) is 3.15. The molecule has 0 spiro atoms. The van der Waals surface area contributed by atoms with Crippen molar-refractivity contribution in [1.82, 2.24) is 19.8 Å². The minimum Gasteiger partial charge on any atom is -0.296 e. The van der Waals surface area contributed by atoms with Gasteiger partial charge in [-0.3, -0.25) is 20.2 Å². The summed E-state index contributed by atoms with van der Waals surface area (Å²) in [6, 6.07) is 6.42. The first-order chi connectivity index (χ1) is 12.0. The highest BCUT2D eigenvalue weighted by atomic mass is 32.2. The lowest BCUT2D eigenvalue weighted by atomic mass is 10.2. The number of nitro benzene ring substituents is 1. The first-order valence-electron chi connectivity index (χ1n) is 6.83. The van der Waals surface area contributed by atoms with E-state index in [1.165, 1.54) is 35.2 Å². The highest BCUT2D eigenvalue weighted by Gasteiger charge is 2.16. The Bertz CT molecular complexity index is 925. The van der Waals surface area contributed by atoms with Crippen LogP contribution in [0.25, 0.3) is 0 Å². The number of thioether (sulfide) groups is 1. The summed E-state index contributed by atoms with van der Waals surface area (Å²) in [5.41, 5.74) is 1.43. The molecule has 1 amide bonds. The average molecular weight is 394 g/mol. The molecule has 12 heteroatoms. The van der Waals surface area contributed by atoms with Gasteiger partial charge in [-0.25, -0.2) is 0 Å². The molecule has 0 fully saturated rings. The number of carbonyl (C=O) groups is 1. The minimum atomic E-state index is -0.428. The summed E-state index contributed by atoms with van der Waals surface area (Å²) in [6.07, 6.45) is 0. The Kier molecular flexibility index (Phi) is 5.31. The van der Waals surface area contributed by atoms with Crippen molar-refractivity contribution in [2.45, 2.75) is 17.0 Å². The Labute approximate surface area is 153 Å². The molecule has 128 valence electrons. The van der Waals surface area contributed by atoms with Gasteiger partial charge in [0, 0.05) is 17.9 Å². The zero-order valence-electron chi connectivity index (χ0n) is 12.7. The van der Waals surface area contributed by atoms with E-state index in [2.05, 4.69) is 25.1 Å². The van der Waals surface area contributed by atoms with Gasteiger partial charge in [-0.05, 0) is 24.0 Å². The second kappa shape index (κ2) is 7.63. The molecule has 3 aromatic rings. The molecule has 3 rings (SSSR count). The Morgan fingerprint density at radius 2 is 2.20 bits per heavy atom. The quantitative estimate of drug-likeness (QED) is 0.293. The molecule has 0 aliphatic heterocycles. The van der Waals surface area contributed by atoms with E-state index in [0.717, 1.165) is 17.1 Å². The van der Waals surface area contributed by atoms with Gasteiger partial charge in [0.2, 0.25) is 5.13 Å². The minimum absolute atomic E-state index is 0.0526. The number of hydrogen-bond acceptors (Lipinski definition) is 10. The first kappa shape index (κ1) is 17.4. The van der Waals surface area contributed by atoms with Gasteiger partial charge in [-0.15, -0.1) is 15.3 Å². The zero-order valence-corrected chi connectivity index (χ0v) is 15.2. The van der Waals surface area contributed by atoms with E-state index in [1.807, 2.05) is 6.07 Å². The van der Waals surface area contributed by atoms with Gasteiger partial charge in [0.15, 0.2) is 4.34 Å². The Morgan fingerprint density at radius 3 is 2.92 bits per heavy atom. The second-order valence-corrected chi connectivity index (χ2v) is 7.68. The van der Waals surface area contributed by atoms with Crippen LogP contribution in [0.2, 0.25) is 0 Å². The van der Waals surface area contributed by atoms with Crippen molar-refractivity contribution in [2.24, 2.45) is 0 Å². The topological polar surface area (TPSA) is 124 Å². The van der Waals surface area contributed by atoms with E-state index in [0.29, 0.717) is 25.8 Å². The van der Waals surface area contributed by atoms with Crippen LogP contribution in [0.3, 0.4) is 0 Å². The van der Waals surface area contributed by atoms with E-state index in [9.17, 15) is 14.9 Å². The number of benzene rings is 1. The molecule has 0 radical (unpaired) electrons. The van der Waals surface area contributed by atoms with E-state index < -0.39 is 4.92 Å². The molecule has 25 heavy (non-hydrogen) atoms. The fourth-order valence-electron chi connectivity index (χ4n) is 1.82. The smallest absolute Gasteiger partial charge is 0.271 e. The SMILES string of the molecule is Cc1nnsc1C(=O)Nc1nnc(SCc2cccc([N+](=O)[O-])c2)s1. The average Bonchev–Trinajstić information content (AvgIpc) is 3.22. The number of amides is 1. The standard InChI is InChI=1S/C13H10N6O3S3/c1-7-10(25-18-15-7)11(20)14-12-16-17-13(24-12)23-6-8-3-2-4-9(5-8)19(21)22/h2-5H,6H2,1H3,(H,14,16,20). The molecule has 1 aromatic carbocycles. The lowest BCUT2D eigenvalue weighted by Gasteiger charge is -1.99. The lowest BCUT2D eigenvalue weighted by molar-refractivity contribution is -0.384. The summed E-state index contributed by atoms with van der Waals surface area (Å²) < 4.78 is 4.37. The van der Waals surface area contributed by atoms with Crippen molar-refractivity contribution < 1.29 is 9.72 Å². The fourth-order valence-corrected chi connectivity index (χ4v) is 4.06. The summed E-state index contributed by atoms with van der Waals surface area (Å²) in [5, 5.41) is 25.5. The largest absolute Gasteiger partial charge is 0.296 e. The van der Waals surface area contributed by atoms with E-state index >= 15 is 0 Å². The molecule has 1 N–H and O–H groups in total. The monoisotopic (exact) mass is 394 g/mol. The van der Waals surface area contributed by atoms with Crippen LogP contribution in [0.1, 0.15) is 20.9 Å². The van der Waals surface area contributed by atoms with E-state index in [1.54, 1.807) is 13.0 Å². The van der Waals surface area contributed by atoms with Crippen LogP contribution in [0.5, 0.6) is 0 Å². The molecule has 9 nitrogen and oxygen atoms in total. The van der Waals surface area contributed by atoms with Gasteiger partial charge < -0.3 is 0 Å². The highest BCUT2D eigenvalue weighted by Crippen LogP contribution is 2.29. The number of aryl methyl sites for hydroxylation is 1. The van der Waals surface area contributed by atoms with Crippen molar-refractivity contribution in [3.05, 3.63) is 50.5 Å². The van der Waals surface area contributed by atoms with Gasteiger partial charge in [0.1, 0.15) is 4.88 Å². The number of hydrogen-bond donors (Lipinski definition) is 1. The van der Waals surface area contributed by atoms with E-state index in [-0.39, 0.29) is 11.6 Å². The van der Waals surface area contributed by atoms with Gasteiger partial charge in [-0.2, -0.15) is 0 Å². The number of aromatic nitrogens is 4. The molecule has 0 aliphatic rings. The molecule has 0 saturated heterocycles. The molecule has 2 aromatic heterocycles. The van der Waals surface area contributed by atoms with Crippen molar-refractivity contribution in [1.29, 1.82) is 0 Å². The van der Waals surface area contributed by atoms with Crippen molar-refractivity contribution in [3.63, 3.8) is 0 Å². The summed E-state index contributed by atoms with van der Waals surface area (Å²) in [5.74, 6) is 0.196. The number of nitrogens with zero attached hydrogens (tertiary/aromatic N) is 5. The Morgan fingerprint density at radius 1 is 1.36 bits per heavy atom. The summed E-state index contributed by atoms with van der Waals surface area (Å²) in [4.78, 5) is 22.9. The number of nitrogens with one attached hydrogen (secondary N) is 1. The van der Waals surface area contributed by atoms with Crippen LogP contribution in [0.15, 0.2) is 28.6 Å². The highest BCUT2D eigenvalue weighted by molar-refractivity contribution is 8.00. The second-order valence-electron chi connectivity index (χ2n) is 4.73. The summed E-state index contributed by atoms with van der Waals surface area (Å²) >= 11 is 3.64. The van der Waals surface area contributed by atoms with Crippen LogP contribution in [0.4, 0.5) is 10.8 Å². The normalized spacial score (nSPS) is 10.6. The van der Waals surface area contributed by atoms with Crippen LogP contribution in [-0.2, 0) is 5.75 Å². The van der Waals surface area contributed by atoms with Gasteiger partial charge in [0.05, 0.1) is 10.6 Å². The summed E-state index contributed by atoms with van der Waals surface area (Å²) in [7, 11) is 0.